The SMILES string of the molecule is COc1ccccc1[C@@H]1[C@@H](C(=O)Nc2cccc(C)n2)CCC(=O)N1c1ccc(C)cc1. The Labute approximate surface area is 188 Å². The van der Waals surface area contributed by atoms with Crippen LogP contribution in [-0.4, -0.2) is 23.9 Å². The summed E-state index contributed by atoms with van der Waals surface area (Å²) in [7, 11) is 1.60. The number of aromatic nitrogens is 1. The number of hydrogen-bond acceptors (Lipinski definition) is 4. The molecule has 0 aliphatic carbocycles. The van der Waals surface area contributed by atoms with E-state index in [1.54, 1.807) is 18.1 Å². The molecule has 1 fully saturated rings. The van der Waals surface area contributed by atoms with E-state index in [0.717, 1.165) is 22.5 Å². The first-order chi connectivity index (χ1) is 15.5. The molecule has 164 valence electrons. The first-order valence-corrected chi connectivity index (χ1v) is 10.7. The van der Waals surface area contributed by atoms with Crippen molar-refractivity contribution in [2.24, 2.45) is 5.92 Å². The Kier molecular flexibility index (Phi) is 6.21. The van der Waals surface area contributed by atoms with Crippen LogP contribution in [0, 0.1) is 19.8 Å². The summed E-state index contributed by atoms with van der Waals surface area (Å²) < 4.78 is 5.62. The highest BCUT2D eigenvalue weighted by atomic mass is 16.5. The van der Waals surface area contributed by atoms with Crippen LogP contribution in [0.2, 0.25) is 0 Å². The maximum absolute atomic E-state index is 13.5. The standard InChI is InChI=1S/C26H27N3O3/c1-17-11-13-19(14-12-17)29-24(30)16-15-21(25(29)20-8-4-5-9-22(20)32-3)26(31)28-23-10-6-7-18(2)27-23/h4-14,21,25H,15-16H2,1-3H3,(H,27,28,31)/t21-,25+/m0/s1. The number of piperidine rings is 1. The summed E-state index contributed by atoms with van der Waals surface area (Å²) >= 11 is 0. The molecule has 1 N–H and O–H groups in total. The quantitative estimate of drug-likeness (QED) is 0.631. The lowest BCUT2D eigenvalue weighted by molar-refractivity contribution is -0.126. The van der Waals surface area contributed by atoms with Crippen molar-refractivity contribution in [1.29, 1.82) is 0 Å². The second-order valence-electron chi connectivity index (χ2n) is 8.08. The molecule has 0 radical (unpaired) electrons. The molecule has 6 nitrogen and oxygen atoms in total. The number of methoxy groups -OCH3 is 1. The lowest BCUT2D eigenvalue weighted by Crippen LogP contribution is -2.47. The fourth-order valence-electron chi connectivity index (χ4n) is 4.27. The zero-order valence-corrected chi connectivity index (χ0v) is 18.5. The highest BCUT2D eigenvalue weighted by Gasteiger charge is 2.42. The van der Waals surface area contributed by atoms with Gasteiger partial charge < -0.3 is 15.0 Å². The van der Waals surface area contributed by atoms with Crippen LogP contribution < -0.4 is 15.0 Å². The highest BCUT2D eigenvalue weighted by Crippen LogP contribution is 2.43. The number of pyridine rings is 1. The number of anilines is 2. The fourth-order valence-corrected chi connectivity index (χ4v) is 4.27. The van der Waals surface area contributed by atoms with Gasteiger partial charge in [0.15, 0.2) is 0 Å². The third-order valence-electron chi connectivity index (χ3n) is 5.84. The van der Waals surface area contributed by atoms with Crippen LogP contribution >= 0.6 is 0 Å². The molecule has 1 aliphatic rings. The number of nitrogens with one attached hydrogen (secondary N) is 1. The van der Waals surface area contributed by atoms with Crippen molar-refractivity contribution in [3.63, 3.8) is 0 Å². The molecular formula is C26H27N3O3. The van der Waals surface area contributed by atoms with E-state index in [2.05, 4.69) is 10.3 Å². The Bertz CT molecular complexity index is 1130. The second kappa shape index (κ2) is 9.22. The summed E-state index contributed by atoms with van der Waals surface area (Å²) in [4.78, 5) is 32.8. The predicted molar refractivity (Wildman–Crippen MR) is 125 cm³/mol. The zero-order chi connectivity index (χ0) is 22.7. The number of nitrogens with zero attached hydrogens (tertiary/aromatic N) is 2. The number of benzene rings is 2. The Balaban J connectivity index is 1.78. The van der Waals surface area contributed by atoms with Crippen LogP contribution in [0.3, 0.4) is 0 Å². The largest absolute Gasteiger partial charge is 0.496 e. The molecule has 0 spiro atoms. The van der Waals surface area contributed by atoms with Gasteiger partial charge in [-0.05, 0) is 50.6 Å². The van der Waals surface area contributed by atoms with Crippen molar-refractivity contribution >= 4 is 23.3 Å². The van der Waals surface area contributed by atoms with Gasteiger partial charge in [0.05, 0.1) is 19.1 Å². The number of amides is 2. The summed E-state index contributed by atoms with van der Waals surface area (Å²) in [6, 6.07) is 20.4. The first kappa shape index (κ1) is 21.6. The van der Waals surface area contributed by atoms with Gasteiger partial charge in [0.2, 0.25) is 11.8 Å². The van der Waals surface area contributed by atoms with E-state index < -0.39 is 12.0 Å². The number of carbonyl (C=O) groups is 2. The summed E-state index contributed by atoms with van der Waals surface area (Å²) in [6.07, 6.45) is 0.737. The van der Waals surface area contributed by atoms with Crippen LogP contribution in [0.5, 0.6) is 5.75 Å². The first-order valence-electron chi connectivity index (χ1n) is 10.7. The van der Waals surface area contributed by atoms with E-state index in [0.29, 0.717) is 24.4 Å². The van der Waals surface area contributed by atoms with Gasteiger partial charge in [-0.15, -0.1) is 0 Å². The van der Waals surface area contributed by atoms with Gasteiger partial charge in [-0.3, -0.25) is 9.59 Å². The molecule has 2 aromatic carbocycles. The van der Waals surface area contributed by atoms with Gasteiger partial charge >= 0.3 is 0 Å². The molecule has 6 heteroatoms. The van der Waals surface area contributed by atoms with E-state index >= 15 is 0 Å². The molecule has 1 aromatic heterocycles. The van der Waals surface area contributed by atoms with Crippen LogP contribution in [0.15, 0.2) is 66.7 Å². The van der Waals surface area contributed by atoms with Crippen molar-refractivity contribution in [2.45, 2.75) is 32.7 Å². The van der Waals surface area contributed by atoms with Crippen LogP contribution in [0.4, 0.5) is 11.5 Å². The Morgan fingerprint density at radius 2 is 1.78 bits per heavy atom. The van der Waals surface area contributed by atoms with Crippen molar-refractivity contribution in [3.05, 3.63) is 83.6 Å². The lowest BCUT2D eigenvalue weighted by atomic mass is 9.82. The average Bonchev–Trinajstić information content (AvgIpc) is 2.79. The smallest absolute Gasteiger partial charge is 0.231 e. The number of para-hydroxylation sites is 1. The van der Waals surface area contributed by atoms with Gasteiger partial charge in [0.25, 0.3) is 0 Å². The Morgan fingerprint density at radius 1 is 1.03 bits per heavy atom. The molecule has 3 aromatic rings. The average molecular weight is 430 g/mol. The summed E-state index contributed by atoms with van der Waals surface area (Å²) in [5.74, 6) is 0.516. The number of ether oxygens (including phenoxy) is 1. The second-order valence-corrected chi connectivity index (χ2v) is 8.08. The van der Waals surface area contributed by atoms with Crippen LogP contribution in [0.25, 0.3) is 0 Å². The molecule has 4 rings (SSSR count). The van der Waals surface area contributed by atoms with Gasteiger partial charge in [-0.25, -0.2) is 4.98 Å². The summed E-state index contributed by atoms with van der Waals surface area (Å²) in [5, 5.41) is 2.96. The third kappa shape index (κ3) is 4.35. The molecule has 2 heterocycles. The molecule has 2 amide bonds. The van der Waals surface area contributed by atoms with Crippen LogP contribution in [0.1, 0.15) is 35.7 Å². The van der Waals surface area contributed by atoms with E-state index in [4.69, 9.17) is 4.74 Å². The van der Waals surface area contributed by atoms with E-state index in [1.807, 2.05) is 74.5 Å². The number of aryl methyl sites for hydroxylation is 2. The maximum atomic E-state index is 13.5. The lowest BCUT2D eigenvalue weighted by Gasteiger charge is -2.41. The molecule has 0 unspecified atom stereocenters. The minimum Gasteiger partial charge on any atom is -0.496 e. The molecular weight excluding hydrogens is 402 g/mol. The number of rotatable bonds is 5. The third-order valence-corrected chi connectivity index (χ3v) is 5.84. The fraction of sp³-hybridized carbons (Fsp3) is 0.269. The van der Waals surface area contributed by atoms with Gasteiger partial charge in [0.1, 0.15) is 11.6 Å². The normalized spacial score (nSPS) is 18.3. The topological polar surface area (TPSA) is 71.5 Å². The van der Waals surface area contributed by atoms with E-state index in [-0.39, 0.29) is 11.8 Å². The molecule has 32 heavy (non-hydrogen) atoms. The van der Waals surface area contributed by atoms with Crippen molar-refractivity contribution in [3.8, 4) is 5.75 Å². The minimum atomic E-state index is -0.500. The molecule has 1 aliphatic heterocycles. The van der Waals surface area contributed by atoms with E-state index in [1.165, 1.54) is 0 Å². The van der Waals surface area contributed by atoms with Crippen molar-refractivity contribution in [1.82, 2.24) is 4.98 Å². The summed E-state index contributed by atoms with van der Waals surface area (Å²) in [5.41, 5.74) is 3.50. The minimum absolute atomic E-state index is 0.0116. The van der Waals surface area contributed by atoms with Crippen LogP contribution in [-0.2, 0) is 9.59 Å². The molecule has 2 atom stereocenters. The van der Waals surface area contributed by atoms with Gasteiger partial charge in [-0.2, -0.15) is 0 Å². The highest BCUT2D eigenvalue weighted by molar-refractivity contribution is 6.00. The Hall–Kier alpha value is -3.67. The molecule has 0 bridgehead atoms. The monoisotopic (exact) mass is 429 g/mol. The molecule has 1 saturated heterocycles. The van der Waals surface area contributed by atoms with E-state index in [9.17, 15) is 9.59 Å². The summed E-state index contributed by atoms with van der Waals surface area (Å²) in [6.45, 7) is 3.89. The Morgan fingerprint density at radius 3 is 2.50 bits per heavy atom. The molecule has 0 saturated carbocycles. The van der Waals surface area contributed by atoms with Gasteiger partial charge in [0, 0.05) is 23.4 Å². The maximum Gasteiger partial charge on any atom is 0.231 e. The van der Waals surface area contributed by atoms with Crippen molar-refractivity contribution in [2.75, 3.05) is 17.3 Å². The van der Waals surface area contributed by atoms with Crippen molar-refractivity contribution < 1.29 is 14.3 Å². The number of hydrogen-bond donors (Lipinski definition) is 1. The predicted octanol–water partition coefficient (Wildman–Crippen LogP) is 4.83. The van der Waals surface area contributed by atoms with Gasteiger partial charge in [-0.1, -0.05) is 42.0 Å². The zero-order valence-electron chi connectivity index (χ0n) is 18.5. The number of carbonyl (C=O) groups excluding carboxylic acids is 2.